The van der Waals surface area contributed by atoms with Crippen LogP contribution in [0, 0.1) is 11.8 Å². The van der Waals surface area contributed by atoms with E-state index in [4.69, 9.17) is 0 Å². The number of rotatable bonds is 3. The van der Waals surface area contributed by atoms with Gasteiger partial charge in [0.15, 0.2) is 0 Å². The molecule has 0 aromatic rings. The van der Waals surface area contributed by atoms with Crippen LogP contribution in [-0.4, -0.2) is 62.2 Å². The minimum absolute atomic E-state index is 0.962. The zero-order valence-electron chi connectivity index (χ0n) is 9.62. The van der Waals surface area contributed by atoms with Crippen LogP contribution in [0.4, 0.5) is 0 Å². The fraction of sp³-hybridized carbons (Fsp3) is 1.00. The summed E-state index contributed by atoms with van der Waals surface area (Å²) in [5, 5.41) is 3.50. The molecule has 3 aliphatic rings. The van der Waals surface area contributed by atoms with Crippen LogP contribution in [0.15, 0.2) is 0 Å². The van der Waals surface area contributed by atoms with E-state index in [9.17, 15) is 0 Å². The first kappa shape index (κ1) is 10.1. The lowest BCUT2D eigenvalue weighted by Gasteiger charge is -2.21. The Kier molecular flexibility index (Phi) is 2.95. The standard InChI is InChI=1S/C12H23N3/c1-2-4-14(3-1)5-6-15-9-11-7-13-8-12(11)10-15/h11-13H,1-10H2/t11-,12+. The number of hydrogen-bond acceptors (Lipinski definition) is 3. The van der Waals surface area contributed by atoms with Crippen LogP contribution in [0.1, 0.15) is 12.8 Å². The molecule has 0 radical (unpaired) electrons. The number of likely N-dealkylation sites (tertiary alicyclic amines) is 2. The topological polar surface area (TPSA) is 18.5 Å². The minimum atomic E-state index is 0.962. The summed E-state index contributed by atoms with van der Waals surface area (Å²) < 4.78 is 0. The Bertz CT molecular complexity index is 201. The first-order valence-electron chi connectivity index (χ1n) is 6.57. The molecular formula is C12H23N3. The van der Waals surface area contributed by atoms with Crippen LogP contribution in [-0.2, 0) is 0 Å². The monoisotopic (exact) mass is 209 g/mol. The van der Waals surface area contributed by atoms with Crippen LogP contribution >= 0.6 is 0 Å². The second-order valence-corrected chi connectivity index (χ2v) is 5.49. The van der Waals surface area contributed by atoms with E-state index in [2.05, 4.69) is 15.1 Å². The van der Waals surface area contributed by atoms with Crippen LogP contribution < -0.4 is 5.32 Å². The first-order valence-corrected chi connectivity index (χ1v) is 6.57. The molecule has 0 saturated carbocycles. The number of hydrogen-bond donors (Lipinski definition) is 1. The highest BCUT2D eigenvalue weighted by molar-refractivity contribution is 4.91. The van der Waals surface area contributed by atoms with Crippen LogP contribution in [0.3, 0.4) is 0 Å². The third-order valence-electron chi connectivity index (χ3n) is 4.40. The SMILES string of the molecule is C1CCN(CCN2C[C@H]3CNC[C@H]3C2)C1. The molecular weight excluding hydrogens is 186 g/mol. The Hall–Kier alpha value is -0.120. The fourth-order valence-electron chi connectivity index (χ4n) is 3.42. The summed E-state index contributed by atoms with van der Waals surface area (Å²) in [5.41, 5.74) is 0. The highest BCUT2D eigenvalue weighted by Gasteiger charge is 2.35. The Morgan fingerprint density at radius 1 is 0.867 bits per heavy atom. The minimum Gasteiger partial charge on any atom is -0.316 e. The molecule has 0 aliphatic carbocycles. The maximum atomic E-state index is 3.50. The van der Waals surface area contributed by atoms with Crippen LogP contribution in [0.5, 0.6) is 0 Å². The van der Waals surface area contributed by atoms with E-state index in [1.807, 2.05) is 0 Å². The van der Waals surface area contributed by atoms with Crippen molar-refractivity contribution in [1.82, 2.24) is 15.1 Å². The summed E-state index contributed by atoms with van der Waals surface area (Å²) in [6, 6.07) is 0. The van der Waals surface area contributed by atoms with Crippen molar-refractivity contribution in [1.29, 1.82) is 0 Å². The predicted molar refractivity (Wildman–Crippen MR) is 62.0 cm³/mol. The van der Waals surface area contributed by atoms with Gasteiger partial charge in [0.25, 0.3) is 0 Å². The normalized spacial score (nSPS) is 37.6. The fourth-order valence-corrected chi connectivity index (χ4v) is 3.42. The number of fused-ring (bicyclic) bond motifs is 1. The third-order valence-corrected chi connectivity index (χ3v) is 4.40. The summed E-state index contributed by atoms with van der Waals surface area (Å²) in [6.45, 7) is 10.6. The average molecular weight is 209 g/mol. The maximum absolute atomic E-state index is 3.50. The van der Waals surface area contributed by atoms with Gasteiger partial charge in [-0.1, -0.05) is 0 Å². The van der Waals surface area contributed by atoms with Gasteiger partial charge in [-0.15, -0.1) is 0 Å². The molecule has 0 aromatic heterocycles. The molecule has 15 heavy (non-hydrogen) atoms. The summed E-state index contributed by atoms with van der Waals surface area (Å²) in [5.74, 6) is 1.92. The molecule has 3 fully saturated rings. The van der Waals surface area contributed by atoms with E-state index >= 15 is 0 Å². The number of nitrogens with one attached hydrogen (secondary N) is 1. The largest absolute Gasteiger partial charge is 0.316 e. The first-order chi connectivity index (χ1) is 7.42. The van der Waals surface area contributed by atoms with Gasteiger partial charge in [-0.25, -0.2) is 0 Å². The average Bonchev–Trinajstić information content (AvgIpc) is 2.91. The van der Waals surface area contributed by atoms with Gasteiger partial charge in [0, 0.05) is 26.2 Å². The van der Waals surface area contributed by atoms with E-state index in [-0.39, 0.29) is 0 Å². The maximum Gasteiger partial charge on any atom is 0.0110 e. The molecule has 0 spiro atoms. The number of nitrogens with zero attached hydrogens (tertiary/aromatic N) is 2. The molecule has 0 amide bonds. The van der Waals surface area contributed by atoms with Crippen LogP contribution in [0.2, 0.25) is 0 Å². The zero-order valence-corrected chi connectivity index (χ0v) is 9.62. The van der Waals surface area contributed by atoms with Crippen molar-refractivity contribution in [3.05, 3.63) is 0 Å². The van der Waals surface area contributed by atoms with Crippen molar-refractivity contribution < 1.29 is 0 Å². The van der Waals surface area contributed by atoms with E-state index in [0.29, 0.717) is 0 Å². The van der Waals surface area contributed by atoms with E-state index < -0.39 is 0 Å². The molecule has 3 aliphatic heterocycles. The lowest BCUT2D eigenvalue weighted by atomic mass is 10.0. The van der Waals surface area contributed by atoms with Crippen molar-refractivity contribution in [2.45, 2.75) is 12.8 Å². The molecule has 3 heteroatoms. The van der Waals surface area contributed by atoms with Gasteiger partial charge >= 0.3 is 0 Å². The molecule has 0 aromatic carbocycles. The van der Waals surface area contributed by atoms with E-state index in [1.165, 1.54) is 65.2 Å². The molecule has 3 rings (SSSR count). The molecule has 0 bridgehead atoms. The third kappa shape index (κ3) is 2.19. The summed E-state index contributed by atoms with van der Waals surface area (Å²) in [7, 11) is 0. The van der Waals surface area contributed by atoms with Gasteiger partial charge in [0.1, 0.15) is 0 Å². The Labute approximate surface area is 92.8 Å². The molecule has 0 unspecified atom stereocenters. The van der Waals surface area contributed by atoms with Crippen LogP contribution in [0.25, 0.3) is 0 Å². The molecule has 1 N–H and O–H groups in total. The van der Waals surface area contributed by atoms with Gasteiger partial charge in [-0.3, -0.25) is 0 Å². The van der Waals surface area contributed by atoms with Gasteiger partial charge in [0.2, 0.25) is 0 Å². The quantitative estimate of drug-likeness (QED) is 0.718. The summed E-state index contributed by atoms with van der Waals surface area (Å²) in [4.78, 5) is 5.32. The highest BCUT2D eigenvalue weighted by atomic mass is 15.2. The van der Waals surface area contributed by atoms with Gasteiger partial charge in [0.05, 0.1) is 0 Å². The zero-order chi connectivity index (χ0) is 10.1. The van der Waals surface area contributed by atoms with Crippen molar-refractivity contribution in [3.8, 4) is 0 Å². The smallest absolute Gasteiger partial charge is 0.0110 e. The summed E-state index contributed by atoms with van der Waals surface area (Å²) >= 11 is 0. The molecule has 3 heterocycles. The van der Waals surface area contributed by atoms with Crippen molar-refractivity contribution in [2.75, 3.05) is 52.4 Å². The lowest BCUT2D eigenvalue weighted by molar-refractivity contribution is 0.247. The second kappa shape index (κ2) is 4.40. The van der Waals surface area contributed by atoms with Gasteiger partial charge < -0.3 is 15.1 Å². The van der Waals surface area contributed by atoms with E-state index in [1.54, 1.807) is 0 Å². The van der Waals surface area contributed by atoms with Crippen molar-refractivity contribution in [2.24, 2.45) is 11.8 Å². The van der Waals surface area contributed by atoms with Gasteiger partial charge in [-0.05, 0) is 50.9 Å². The summed E-state index contributed by atoms with van der Waals surface area (Å²) in [6.07, 6.45) is 2.85. The van der Waals surface area contributed by atoms with E-state index in [0.717, 1.165) is 11.8 Å². The molecule has 3 saturated heterocycles. The van der Waals surface area contributed by atoms with Crippen molar-refractivity contribution in [3.63, 3.8) is 0 Å². The predicted octanol–water partition coefficient (Wildman–Crippen LogP) is 0.233. The van der Waals surface area contributed by atoms with Crippen molar-refractivity contribution >= 4 is 0 Å². The molecule has 3 nitrogen and oxygen atoms in total. The molecule has 86 valence electrons. The molecule has 2 atom stereocenters. The Morgan fingerprint density at radius 2 is 1.47 bits per heavy atom. The highest BCUT2D eigenvalue weighted by Crippen LogP contribution is 2.25. The second-order valence-electron chi connectivity index (χ2n) is 5.49. The Morgan fingerprint density at radius 3 is 2.13 bits per heavy atom. The lowest BCUT2D eigenvalue weighted by Crippen LogP contribution is -2.34. The van der Waals surface area contributed by atoms with Gasteiger partial charge in [-0.2, -0.15) is 0 Å². The Balaban J connectivity index is 1.41.